The van der Waals surface area contributed by atoms with Crippen molar-refractivity contribution < 1.29 is 5.21 Å². The summed E-state index contributed by atoms with van der Waals surface area (Å²) < 4.78 is 0. The summed E-state index contributed by atoms with van der Waals surface area (Å²) in [5, 5.41) is 12.0. The van der Waals surface area contributed by atoms with Gasteiger partial charge in [-0.1, -0.05) is 36.3 Å². The van der Waals surface area contributed by atoms with Crippen molar-refractivity contribution in [2.45, 2.75) is 39.3 Å². The van der Waals surface area contributed by atoms with E-state index < -0.39 is 0 Å². The summed E-state index contributed by atoms with van der Waals surface area (Å²) in [5.41, 5.74) is 7.69. The van der Waals surface area contributed by atoms with Crippen molar-refractivity contribution >= 4 is 5.84 Å². The van der Waals surface area contributed by atoms with Crippen molar-refractivity contribution in [3.63, 3.8) is 0 Å². The number of rotatable bonds is 3. The van der Waals surface area contributed by atoms with Crippen LogP contribution in [0, 0.1) is 5.92 Å². The van der Waals surface area contributed by atoms with Gasteiger partial charge in [0.15, 0.2) is 5.84 Å². The Hall–Kier alpha value is -1.55. The number of amidine groups is 1. The Balaban J connectivity index is 2.15. The molecule has 0 bridgehead atoms. The lowest BCUT2D eigenvalue weighted by Gasteiger charge is -2.36. The Labute approximate surface area is 114 Å². The van der Waals surface area contributed by atoms with Gasteiger partial charge in [-0.2, -0.15) is 0 Å². The van der Waals surface area contributed by atoms with Crippen molar-refractivity contribution in [1.29, 1.82) is 0 Å². The van der Waals surface area contributed by atoms with E-state index in [-0.39, 0.29) is 5.84 Å². The van der Waals surface area contributed by atoms with Crippen LogP contribution >= 0.6 is 0 Å². The molecule has 1 heterocycles. The minimum atomic E-state index is 0.189. The first kappa shape index (κ1) is 13.9. The van der Waals surface area contributed by atoms with Crippen LogP contribution in [0.25, 0.3) is 0 Å². The van der Waals surface area contributed by atoms with Gasteiger partial charge in [0.1, 0.15) is 0 Å². The molecule has 19 heavy (non-hydrogen) atoms. The molecule has 0 spiro atoms. The maximum Gasteiger partial charge on any atom is 0.170 e. The van der Waals surface area contributed by atoms with E-state index >= 15 is 0 Å². The summed E-state index contributed by atoms with van der Waals surface area (Å²) in [6, 6.07) is 8.46. The minimum Gasteiger partial charge on any atom is -0.409 e. The topological polar surface area (TPSA) is 61.8 Å². The zero-order valence-electron chi connectivity index (χ0n) is 11.7. The molecule has 0 amide bonds. The van der Waals surface area contributed by atoms with Gasteiger partial charge in [-0.3, -0.25) is 4.90 Å². The average Bonchev–Trinajstić information content (AvgIpc) is 2.41. The lowest BCUT2D eigenvalue weighted by Crippen LogP contribution is -2.40. The first-order valence-corrected chi connectivity index (χ1v) is 6.91. The molecule has 0 saturated carbocycles. The molecule has 1 aliphatic heterocycles. The van der Waals surface area contributed by atoms with E-state index in [2.05, 4.69) is 30.0 Å². The van der Waals surface area contributed by atoms with Gasteiger partial charge < -0.3 is 10.9 Å². The zero-order chi connectivity index (χ0) is 13.8. The maximum absolute atomic E-state index is 8.85. The van der Waals surface area contributed by atoms with Crippen LogP contribution in [0.1, 0.15) is 37.8 Å². The second-order valence-electron chi connectivity index (χ2n) is 5.59. The Kier molecular flexibility index (Phi) is 4.43. The normalized spacial score (nSPS) is 25.5. The van der Waals surface area contributed by atoms with E-state index in [0.29, 0.717) is 6.04 Å². The van der Waals surface area contributed by atoms with Gasteiger partial charge in [0, 0.05) is 18.2 Å². The van der Waals surface area contributed by atoms with E-state index in [4.69, 9.17) is 10.9 Å². The van der Waals surface area contributed by atoms with Crippen LogP contribution in [-0.4, -0.2) is 28.5 Å². The van der Waals surface area contributed by atoms with Gasteiger partial charge in [0.25, 0.3) is 0 Å². The first-order chi connectivity index (χ1) is 9.11. The van der Waals surface area contributed by atoms with Crippen LogP contribution in [0.4, 0.5) is 0 Å². The third-order valence-electron chi connectivity index (χ3n) is 4.05. The molecule has 1 aromatic carbocycles. The fourth-order valence-corrected chi connectivity index (χ4v) is 2.87. The van der Waals surface area contributed by atoms with Gasteiger partial charge in [0.05, 0.1) is 0 Å². The zero-order valence-corrected chi connectivity index (χ0v) is 11.7. The molecule has 2 atom stereocenters. The Morgan fingerprint density at radius 3 is 2.84 bits per heavy atom. The molecule has 1 saturated heterocycles. The summed E-state index contributed by atoms with van der Waals surface area (Å²) in [6.45, 7) is 6.58. The highest BCUT2D eigenvalue weighted by atomic mass is 16.4. The Morgan fingerprint density at radius 2 is 2.16 bits per heavy atom. The summed E-state index contributed by atoms with van der Waals surface area (Å²) in [4.78, 5) is 2.48. The van der Waals surface area contributed by atoms with Crippen molar-refractivity contribution in [2.75, 3.05) is 6.54 Å². The SMILES string of the molecule is CC1CCN(Cc2ccccc2/C(N)=N/O)C(C)C1. The van der Waals surface area contributed by atoms with Crippen LogP contribution < -0.4 is 5.73 Å². The summed E-state index contributed by atoms with van der Waals surface area (Å²) in [5.74, 6) is 0.999. The van der Waals surface area contributed by atoms with Gasteiger partial charge >= 0.3 is 0 Å². The van der Waals surface area contributed by atoms with Crippen LogP contribution in [0.2, 0.25) is 0 Å². The van der Waals surface area contributed by atoms with E-state index in [9.17, 15) is 0 Å². The van der Waals surface area contributed by atoms with Crippen LogP contribution in [0.5, 0.6) is 0 Å². The molecule has 2 rings (SSSR count). The number of hydrogen-bond acceptors (Lipinski definition) is 3. The fourth-order valence-electron chi connectivity index (χ4n) is 2.87. The second-order valence-corrected chi connectivity index (χ2v) is 5.59. The maximum atomic E-state index is 8.85. The summed E-state index contributed by atoms with van der Waals surface area (Å²) >= 11 is 0. The van der Waals surface area contributed by atoms with E-state index in [1.807, 2.05) is 18.2 Å². The molecule has 4 nitrogen and oxygen atoms in total. The fraction of sp³-hybridized carbons (Fsp3) is 0.533. The monoisotopic (exact) mass is 261 g/mol. The standard InChI is InChI=1S/C15H23N3O/c1-11-7-8-18(12(2)9-11)10-13-5-3-4-6-14(13)15(16)17-19/h3-6,11-12,19H,7-10H2,1-2H3,(H2,16,17). The van der Waals surface area contributed by atoms with Gasteiger partial charge in [0.2, 0.25) is 0 Å². The molecule has 1 aromatic rings. The highest BCUT2D eigenvalue weighted by Crippen LogP contribution is 2.24. The largest absolute Gasteiger partial charge is 0.409 e. The Bertz CT molecular complexity index is 458. The third-order valence-corrected chi connectivity index (χ3v) is 4.05. The number of likely N-dealkylation sites (tertiary alicyclic amines) is 1. The van der Waals surface area contributed by atoms with Crippen molar-refractivity contribution in [2.24, 2.45) is 16.8 Å². The lowest BCUT2D eigenvalue weighted by atomic mass is 9.92. The minimum absolute atomic E-state index is 0.189. The Morgan fingerprint density at radius 1 is 1.42 bits per heavy atom. The van der Waals surface area contributed by atoms with Crippen LogP contribution in [0.15, 0.2) is 29.4 Å². The molecule has 0 aromatic heterocycles. The summed E-state index contributed by atoms with van der Waals surface area (Å²) in [7, 11) is 0. The van der Waals surface area contributed by atoms with E-state index in [1.54, 1.807) is 0 Å². The number of oxime groups is 1. The van der Waals surface area contributed by atoms with E-state index in [1.165, 1.54) is 12.8 Å². The number of hydrogen-bond donors (Lipinski definition) is 2. The number of piperidine rings is 1. The van der Waals surface area contributed by atoms with Crippen LogP contribution in [-0.2, 0) is 6.54 Å². The highest BCUT2D eigenvalue weighted by molar-refractivity contribution is 5.98. The molecule has 3 N–H and O–H groups in total. The lowest BCUT2D eigenvalue weighted by molar-refractivity contribution is 0.122. The molecule has 2 unspecified atom stereocenters. The van der Waals surface area contributed by atoms with Crippen molar-refractivity contribution in [3.05, 3.63) is 35.4 Å². The second kappa shape index (κ2) is 6.06. The molecular formula is C15H23N3O. The third kappa shape index (κ3) is 3.26. The highest BCUT2D eigenvalue weighted by Gasteiger charge is 2.23. The number of benzene rings is 1. The summed E-state index contributed by atoms with van der Waals surface area (Å²) in [6.07, 6.45) is 2.49. The van der Waals surface area contributed by atoms with Crippen molar-refractivity contribution in [3.8, 4) is 0 Å². The smallest absolute Gasteiger partial charge is 0.170 e. The van der Waals surface area contributed by atoms with E-state index in [0.717, 1.165) is 30.1 Å². The number of nitrogens with zero attached hydrogens (tertiary/aromatic N) is 2. The molecule has 1 fully saturated rings. The van der Waals surface area contributed by atoms with Gasteiger partial charge in [-0.05, 0) is 37.8 Å². The predicted molar refractivity (Wildman–Crippen MR) is 77.2 cm³/mol. The van der Waals surface area contributed by atoms with Gasteiger partial charge in [-0.25, -0.2) is 0 Å². The molecule has 1 aliphatic rings. The van der Waals surface area contributed by atoms with Gasteiger partial charge in [-0.15, -0.1) is 0 Å². The number of nitrogens with two attached hydrogens (primary N) is 1. The average molecular weight is 261 g/mol. The molecule has 0 radical (unpaired) electrons. The molecule has 0 aliphatic carbocycles. The van der Waals surface area contributed by atoms with Crippen LogP contribution in [0.3, 0.4) is 0 Å². The molecule has 104 valence electrons. The molecular weight excluding hydrogens is 238 g/mol. The predicted octanol–water partition coefficient (Wildman–Crippen LogP) is 2.40. The first-order valence-electron chi connectivity index (χ1n) is 6.91. The van der Waals surface area contributed by atoms with Crippen molar-refractivity contribution in [1.82, 2.24) is 4.90 Å². The quantitative estimate of drug-likeness (QED) is 0.380. The molecule has 4 heteroatoms.